The molecule has 1 unspecified atom stereocenters. The maximum absolute atomic E-state index is 13.1. The van der Waals surface area contributed by atoms with E-state index < -0.39 is 18.7 Å². The molecule has 7 nitrogen and oxygen atoms in total. The van der Waals surface area contributed by atoms with Gasteiger partial charge in [0.05, 0.1) is 6.20 Å². The van der Waals surface area contributed by atoms with Crippen LogP contribution in [0, 0.1) is 0 Å². The van der Waals surface area contributed by atoms with E-state index in [2.05, 4.69) is 30.3 Å². The van der Waals surface area contributed by atoms with Gasteiger partial charge in [-0.15, -0.1) is 0 Å². The van der Waals surface area contributed by atoms with Crippen molar-refractivity contribution in [2.75, 3.05) is 17.2 Å². The van der Waals surface area contributed by atoms with Crippen LogP contribution in [0.5, 0.6) is 5.75 Å². The number of carbonyl (C=O) groups is 1. The standard InChI is InChI=1S/C14H14F3N5O2/c1-2-19-14-20-6-3-8(22-14)13(23)21-9-7-18-5-4-10(9)24-12(17)11(15)16/h3-7,11-12H,2H2,1H3,(H,21,23)(H,19,20,22). The Balaban J connectivity index is 2.16. The topological polar surface area (TPSA) is 89.0 Å². The van der Waals surface area contributed by atoms with Crippen molar-refractivity contribution in [1.29, 1.82) is 0 Å². The summed E-state index contributed by atoms with van der Waals surface area (Å²) < 4.78 is 42.1. The number of anilines is 2. The first-order valence-corrected chi connectivity index (χ1v) is 6.92. The van der Waals surface area contributed by atoms with Gasteiger partial charge in [0.15, 0.2) is 0 Å². The van der Waals surface area contributed by atoms with Gasteiger partial charge in [0, 0.05) is 25.0 Å². The zero-order valence-corrected chi connectivity index (χ0v) is 12.5. The third kappa shape index (κ3) is 4.54. The van der Waals surface area contributed by atoms with Gasteiger partial charge in [0.2, 0.25) is 5.95 Å². The molecular formula is C14H14F3N5O2. The minimum atomic E-state index is -3.31. The van der Waals surface area contributed by atoms with Crippen LogP contribution in [0.2, 0.25) is 0 Å². The third-order valence-corrected chi connectivity index (χ3v) is 2.69. The molecule has 1 atom stereocenters. The summed E-state index contributed by atoms with van der Waals surface area (Å²) in [5, 5.41) is 5.23. The van der Waals surface area contributed by atoms with Gasteiger partial charge in [0.25, 0.3) is 12.3 Å². The highest BCUT2D eigenvalue weighted by Crippen LogP contribution is 2.25. The number of halogens is 3. The highest BCUT2D eigenvalue weighted by atomic mass is 19.3. The highest BCUT2D eigenvalue weighted by Gasteiger charge is 2.22. The number of hydrogen-bond donors (Lipinski definition) is 2. The number of alkyl halides is 3. The number of amides is 1. The van der Waals surface area contributed by atoms with E-state index in [1.54, 1.807) is 0 Å². The molecule has 2 aromatic rings. The lowest BCUT2D eigenvalue weighted by Gasteiger charge is -2.14. The van der Waals surface area contributed by atoms with E-state index in [4.69, 9.17) is 0 Å². The second kappa shape index (κ2) is 8.09. The minimum absolute atomic E-state index is 0.0291. The lowest BCUT2D eigenvalue weighted by molar-refractivity contribution is -0.0665. The SMILES string of the molecule is CCNc1nccc(C(=O)Nc2cnccc2OC(F)C(F)F)n1. The molecule has 0 spiro atoms. The van der Waals surface area contributed by atoms with Gasteiger partial charge >= 0.3 is 6.43 Å². The van der Waals surface area contributed by atoms with Crippen LogP contribution in [0.25, 0.3) is 0 Å². The van der Waals surface area contributed by atoms with Crippen molar-refractivity contribution < 1.29 is 22.7 Å². The molecular weight excluding hydrogens is 327 g/mol. The summed E-state index contributed by atoms with van der Waals surface area (Å²) in [6.07, 6.45) is -2.38. The van der Waals surface area contributed by atoms with E-state index in [9.17, 15) is 18.0 Å². The van der Waals surface area contributed by atoms with Crippen LogP contribution < -0.4 is 15.4 Å². The summed E-state index contributed by atoms with van der Waals surface area (Å²) in [4.78, 5) is 23.8. The number of carbonyl (C=O) groups excluding carboxylic acids is 1. The molecule has 0 aliphatic rings. The van der Waals surface area contributed by atoms with Gasteiger partial charge < -0.3 is 15.4 Å². The molecule has 0 aromatic carbocycles. The van der Waals surface area contributed by atoms with Gasteiger partial charge in [-0.2, -0.15) is 4.39 Å². The summed E-state index contributed by atoms with van der Waals surface area (Å²) >= 11 is 0. The second-order valence-electron chi connectivity index (χ2n) is 4.43. The predicted octanol–water partition coefficient (Wildman–Crippen LogP) is 2.50. The van der Waals surface area contributed by atoms with Gasteiger partial charge in [0.1, 0.15) is 17.1 Å². The van der Waals surface area contributed by atoms with Crippen molar-refractivity contribution in [2.24, 2.45) is 0 Å². The lowest BCUT2D eigenvalue weighted by atomic mass is 10.3. The Morgan fingerprint density at radius 1 is 1.29 bits per heavy atom. The monoisotopic (exact) mass is 341 g/mol. The molecule has 10 heteroatoms. The van der Waals surface area contributed by atoms with E-state index in [0.717, 1.165) is 12.3 Å². The van der Waals surface area contributed by atoms with E-state index in [-0.39, 0.29) is 23.1 Å². The van der Waals surface area contributed by atoms with Crippen LogP contribution in [0.4, 0.5) is 24.8 Å². The fourth-order valence-corrected chi connectivity index (χ4v) is 1.67. The van der Waals surface area contributed by atoms with E-state index in [1.807, 2.05) is 6.92 Å². The number of nitrogens with one attached hydrogen (secondary N) is 2. The first-order chi connectivity index (χ1) is 11.5. The van der Waals surface area contributed by atoms with E-state index >= 15 is 0 Å². The molecule has 24 heavy (non-hydrogen) atoms. The van der Waals surface area contributed by atoms with Gasteiger partial charge in [-0.05, 0) is 13.0 Å². The number of rotatable bonds is 7. The van der Waals surface area contributed by atoms with Crippen molar-refractivity contribution in [1.82, 2.24) is 15.0 Å². The lowest BCUT2D eigenvalue weighted by Crippen LogP contribution is -2.21. The molecule has 2 N–H and O–H groups in total. The quantitative estimate of drug-likeness (QED) is 0.804. The van der Waals surface area contributed by atoms with Crippen molar-refractivity contribution in [3.05, 3.63) is 36.4 Å². The maximum Gasteiger partial charge on any atom is 0.304 e. The molecule has 0 aliphatic carbocycles. The van der Waals surface area contributed by atoms with Gasteiger partial charge in [-0.3, -0.25) is 9.78 Å². The second-order valence-corrected chi connectivity index (χ2v) is 4.43. The maximum atomic E-state index is 13.1. The molecule has 128 valence electrons. The Labute approximate surface area is 135 Å². The molecule has 0 saturated heterocycles. The number of aromatic nitrogens is 3. The Morgan fingerprint density at radius 2 is 2.08 bits per heavy atom. The highest BCUT2D eigenvalue weighted by molar-refractivity contribution is 6.03. The number of nitrogens with zero attached hydrogens (tertiary/aromatic N) is 3. The summed E-state index contributed by atoms with van der Waals surface area (Å²) in [6, 6.07) is 2.53. The van der Waals surface area contributed by atoms with E-state index in [1.165, 1.54) is 18.5 Å². The summed E-state index contributed by atoms with van der Waals surface area (Å²) in [5.41, 5.74) is -0.0316. The first kappa shape index (κ1) is 17.4. The van der Waals surface area contributed by atoms with Crippen molar-refractivity contribution in [2.45, 2.75) is 19.7 Å². The van der Waals surface area contributed by atoms with Crippen LogP contribution in [0.3, 0.4) is 0 Å². The minimum Gasteiger partial charge on any atom is -0.452 e. The van der Waals surface area contributed by atoms with Gasteiger partial charge in [-0.1, -0.05) is 0 Å². The molecule has 0 fully saturated rings. The zero-order valence-electron chi connectivity index (χ0n) is 12.5. The molecule has 0 radical (unpaired) electrons. The van der Waals surface area contributed by atoms with Crippen LogP contribution in [-0.4, -0.2) is 40.2 Å². The van der Waals surface area contributed by atoms with Crippen LogP contribution in [0.15, 0.2) is 30.7 Å². The summed E-state index contributed by atoms with van der Waals surface area (Å²) in [6.45, 7) is 2.41. The molecule has 2 aromatic heterocycles. The van der Waals surface area contributed by atoms with Crippen LogP contribution >= 0.6 is 0 Å². The average Bonchev–Trinajstić information content (AvgIpc) is 2.57. The summed E-state index contributed by atoms with van der Waals surface area (Å²) in [7, 11) is 0. The number of pyridine rings is 1. The number of hydrogen-bond acceptors (Lipinski definition) is 6. The fraction of sp³-hybridized carbons (Fsp3) is 0.286. The Hall–Kier alpha value is -2.91. The zero-order chi connectivity index (χ0) is 17.5. The molecule has 0 bridgehead atoms. The Morgan fingerprint density at radius 3 is 2.79 bits per heavy atom. The average molecular weight is 341 g/mol. The van der Waals surface area contributed by atoms with Crippen molar-refractivity contribution in [3.8, 4) is 5.75 Å². The normalized spacial score (nSPS) is 11.9. The van der Waals surface area contributed by atoms with Crippen molar-refractivity contribution >= 4 is 17.5 Å². The molecule has 2 rings (SSSR count). The van der Waals surface area contributed by atoms with Gasteiger partial charge in [-0.25, -0.2) is 18.7 Å². The van der Waals surface area contributed by atoms with Crippen molar-refractivity contribution in [3.63, 3.8) is 0 Å². The smallest absolute Gasteiger partial charge is 0.304 e. The summed E-state index contributed by atoms with van der Waals surface area (Å²) in [5.74, 6) is -0.664. The number of ether oxygens (including phenoxy) is 1. The molecule has 2 heterocycles. The predicted molar refractivity (Wildman–Crippen MR) is 79.9 cm³/mol. The van der Waals surface area contributed by atoms with Crippen LogP contribution in [0.1, 0.15) is 17.4 Å². The Bertz CT molecular complexity index is 702. The molecule has 0 aliphatic heterocycles. The fourth-order valence-electron chi connectivity index (χ4n) is 1.67. The molecule has 0 saturated carbocycles. The molecule has 1 amide bonds. The van der Waals surface area contributed by atoms with E-state index in [0.29, 0.717) is 6.54 Å². The van der Waals surface area contributed by atoms with Crippen LogP contribution in [-0.2, 0) is 0 Å². The Kier molecular flexibility index (Phi) is 5.88. The first-order valence-electron chi connectivity index (χ1n) is 6.92. The largest absolute Gasteiger partial charge is 0.452 e. The third-order valence-electron chi connectivity index (χ3n) is 2.69.